The number of rotatable bonds is 7. The lowest BCUT2D eigenvalue weighted by molar-refractivity contribution is 0.0999. The quantitative estimate of drug-likeness (QED) is 0.274. The molecule has 4 aromatic rings. The summed E-state index contributed by atoms with van der Waals surface area (Å²) in [5.41, 5.74) is 16.1. The molecule has 6 heteroatoms. The number of nitrogen functional groups attached to an aromatic ring is 1. The molecule has 0 fully saturated rings. The van der Waals surface area contributed by atoms with Gasteiger partial charge < -0.3 is 16.5 Å². The van der Waals surface area contributed by atoms with Crippen LogP contribution in [0.5, 0.6) is 0 Å². The summed E-state index contributed by atoms with van der Waals surface area (Å²) >= 11 is 0. The first-order chi connectivity index (χ1) is 15.0. The summed E-state index contributed by atoms with van der Waals surface area (Å²) in [7, 11) is 0. The molecular weight excluding hydrogens is 386 g/mol. The predicted octanol–water partition coefficient (Wildman–Crippen LogP) is 3.83. The number of amides is 1. The fourth-order valence-corrected chi connectivity index (χ4v) is 3.72. The summed E-state index contributed by atoms with van der Waals surface area (Å²) in [5, 5.41) is 7.55. The Bertz CT molecular complexity index is 1210. The van der Waals surface area contributed by atoms with Crippen molar-refractivity contribution in [1.29, 1.82) is 5.41 Å². The van der Waals surface area contributed by atoms with Gasteiger partial charge in [0.25, 0.3) is 0 Å². The van der Waals surface area contributed by atoms with Gasteiger partial charge in [-0.3, -0.25) is 10.2 Å². The Morgan fingerprint density at radius 3 is 2.29 bits per heavy atom. The van der Waals surface area contributed by atoms with Crippen molar-refractivity contribution >= 4 is 11.7 Å². The molecule has 0 radical (unpaired) electrons. The molecule has 154 valence electrons. The zero-order valence-electron chi connectivity index (χ0n) is 16.9. The van der Waals surface area contributed by atoms with Gasteiger partial charge in [-0.05, 0) is 29.2 Å². The average Bonchev–Trinajstić information content (AvgIpc) is 3.28. The number of nitrogens with zero attached hydrogens (tertiary/aromatic N) is 1. The number of nitrogens with two attached hydrogens (primary N) is 2. The van der Waals surface area contributed by atoms with Gasteiger partial charge in [0.05, 0.1) is 11.9 Å². The maximum Gasteiger partial charge on any atom is 0.249 e. The molecule has 0 saturated carbocycles. The molecule has 1 heterocycles. The highest BCUT2D eigenvalue weighted by molar-refractivity contribution is 5.95. The number of aromatic nitrogens is 2. The first-order valence-corrected chi connectivity index (χ1v) is 9.95. The summed E-state index contributed by atoms with van der Waals surface area (Å²) in [6.07, 6.45) is 2.45. The van der Waals surface area contributed by atoms with E-state index in [2.05, 4.69) is 22.1 Å². The van der Waals surface area contributed by atoms with Crippen molar-refractivity contribution in [2.24, 2.45) is 11.5 Å². The van der Waals surface area contributed by atoms with Crippen LogP contribution in [-0.4, -0.2) is 21.7 Å². The van der Waals surface area contributed by atoms with E-state index in [9.17, 15) is 4.79 Å². The zero-order valence-corrected chi connectivity index (χ0v) is 16.9. The number of aromatic amines is 1. The van der Waals surface area contributed by atoms with Crippen molar-refractivity contribution < 1.29 is 4.79 Å². The summed E-state index contributed by atoms with van der Waals surface area (Å²) in [5.74, 6) is 0.155. The van der Waals surface area contributed by atoms with Crippen LogP contribution in [0.3, 0.4) is 0 Å². The molecule has 31 heavy (non-hydrogen) atoms. The molecule has 0 aliphatic carbocycles. The van der Waals surface area contributed by atoms with Gasteiger partial charge in [0, 0.05) is 17.0 Å². The van der Waals surface area contributed by atoms with Gasteiger partial charge in [0.2, 0.25) is 5.91 Å². The number of hydrogen-bond donors (Lipinski definition) is 4. The fraction of sp³-hybridized carbons (Fsp3) is 0.0800. The highest BCUT2D eigenvalue weighted by Crippen LogP contribution is 2.31. The van der Waals surface area contributed by atoms with Crippen molar-refractivity contribution in [1.82, 2.24) is 9.97 Å². The minimum absolute atomic E-state index is 0.0304. The van der Waals surface area contributed by atoms with Crippen LogP contribution < -0.4 is 11.5 Å². The Morgan fingerprint density at radius 2 is 1.61 bits per heavy atom. The van der Waals surface area contributed by atoms with E-state index in [0.717, 1.165) is 28.2 Å². The van der Waals surface area contributed by atoms with E-state index in [4.69, 9.17) is 16.9 Å². The van der Waals surface area contributed by atoms with Crippen LogP contribution in [0.25, 0.3) is 11.3 Å². The topological polar surface area (TPSA) is 122 Å². The van der Waals surface area contributed by atoms with E-state index in [1.165, 1.54) is 0 Å². The summed E-state index contributed by atoms with van der Waals surface area (Å²) in [6, 6.07) is 24.9. The van der Waals surface area contributed by atoms with Crippen LogP contribution in [0.1, 0.15) is 38.8 Å². The van der Waals surface area contributed by atoms with Gasteiger partial charge in [-0.1, -0.05) is 72.8 Å². The summed E-state index contributed by atoms with van der Waals surface area (Å²) in [6.45, 7) is 0. The van der Waals surface area contributed by atoms with Gasteiger partial charge in [-0.25, -0.2) is 4.98 Å². The number of imidazole rings is 1. The van der Waals surface area contributed by atoms with Gasteiger partial charge in [-0.2, -0.15) is 0 Å². The Labute approximate surface area is 180 Å². The largest absolute Gasteiger partial charge is 0.384 e. The number of carbonyl (C=O) groups excluding carboxylic acids is 1. The number of carbonyl (C=O) groups is 1. The maximum absolute atomic E-state index is 12.1. The van der Waals surface area contributed by atoms with E-state index in [1.54, 1.807) is 12.3 Å². The molecule has 0 aliphatic rings. The van der Waals surface area contributed by atoms with Gasteiger partial charge in [0.1, 0.15) is 11.7 Å². The standard InChI is InChI=1S/C25H23N5O/c26-23(27)18-12-10-17(11-13-18)22-15-29-25(30-22)21(14-16-6-2-1-3-7-16)19-8-4-5-9-20(19)24(28)31/h1-13,15,21H,14H2,(H3,26,27)(H2,28,31)(H,29,30)/t21-/m0/s1. The van der Waals surface area contributed by atoms with E-state index in [-0.39, 0.29) is 11.8 Å². The van der Waals surface area contributed by atoms with Crippen LogP contribution in [0, 0.1) is 5.41 Å². The normalized spacial score (nSPS) is 11.7. The number of H-pyrrole nitrogens is 1. The second-order valence-electron chi connectivity index (χ2n) is 7.37. The minimum atomic E-state index is -0.458. The van der Waals surface area contributed by atoms with E-state index in [1.807, 2.05) is 60.7 Å². The van der Waals surface area contributed by atoms with E-state index in [0.29, 0.717) is 17.5 Å². The van der Waals surface area contributed by atoms with Gasteiger partial charge in [-0.15, -0.1) is 0 Å². The molecule has 6 N–H and O–H groups in total. The van der Waals surface area contributed by atoms with Crippen molar-refractivity contribution in [3.63, 3.8) is 0 Å². The molecular formula is C25H23N5O. The van der Waals surface area contributed by atoms with Crippen LogP contribution in [0.4, 0.5) is 0 Å². The van der Waals surface area contributed by atoms with Crippen molar-refractivity contribution in [2.45, 2.75) is 12.3 Å². The Kier molecular flexibility index (Phi) is 5.62. The minimum Gasteiger partial charge on any atom is -0.384 e. The third-order valence-electron chi connectivity index (χ3n) is 5.32. The van der Waals surface area contributed by atoms with E-state index >= 15 is 0 Å². The maximum atomic E-state index is 12.1. The highest BCUT2D eigenvalue weighted by Gasteiger charge is 2.23. The van der Waals surface area contributed by atoms with E-state index < -0.39 is 5.91 Å². The number of nitrogens with one attached hydrogen (secondary N) is 2. The third-order valence-corrected chi connectivity index (χ3v) is 5.32. The van der Waals surface area contributed by atoms with Gasteiger partial charge in [0.15, 0.2) is 0 Å². The van der Waals surface area contributed by atoms with Gasteiger partial charge >= 0.3 is 0 Å². The lowest BCUT2D eigenvalue weighted by atomic mass is 9.88. The average molecular weight is 409 g/mol. The zero-order chi connectivity index (χ0) is 21.8. The number of benzene rings is 3. The Morgan fingerprint density at radius 1 is 0.935 bits per heavy atom. The Hall–Kier alpha value is -4.19. The van der Waals surface area contributed by atoms with Crippen molar-refractivity contribution in [3.05, 3.63) is 113 Å². The number of amidine groups is 1. The third kappa shape index (κ3) is 4.38. The SMILES string of the molecule is N=C(N)c1ccc(-c2cnc([C@@H](Cc3ccccc3)c3ccccc3C(N)=O)[nH]2)cc1. The predicted molar refractivity (Wildman–Crippen MR) is 122 cm³/mol. The monoisotopic (exact) mass is 409 g/mol. The molecule has 0 unspecified atom stereocenters. The first-order valence-electron chi connectivity index (χ1n) is 9.95. The van der Waals surface area contributed by atoms with Crippen LogP contribution >= 0.6 is 0 Å². The Balaban J connectivity index is 1.74. The van der Waals surface area contributed by atoms with Crippen LogP contribution in [-0.2, 0) is 6.42 Å². The molecule has 0 aliphatic heterocycles. The highest BCUT2D eigenvalue weighted by atomic mass is 16.1. The first kappa shape index (κ1) is 20.1. The second-order valence-corrected chi connectivity index (χ2v) is 7.37. The van der Waals surface area contributed by atoms with Crippen molar-refractivity contribution in [3.8, 4) is 11.3 Å². The molecule has 1 atom stereocenters. The molecule has 0 saturated heterocycles. The summed E-state index contributed by atoms with van der Waals surface area (Å²) in [4.78, 5) is 20.2. The van der Waals surface area contributed by atoms with Crippen molar-refractivity contribution in [2.75, 3.05) is 0 Å². The molecule has 6 nitrogen and oxygen atoms in total. The number of primary amides is 1. The molecule has 0 spiro atoms. The fourth-order valence-electron chi connectivity index (χ4n) is 3.72. The smallest absolute Gasteiger partial charge is 0.249 e. The number of hydrogen-bond acceptors (Lipinski definition) is 3. The molecule has 3 aromatic carbocycles. The molecule has 0 bridgehead atoms. The molecule has 1 aromatic heterocycles. The lowest BCUT2D eigenvalue weighted by Gasteiger charge is -2.18. The second kappa shape index (κ2) is 8.67. The molecule has 1 amide bonds. The lowest BCUT2D eigenvalue weighted by Crippen LogP contribution is -2.17. The van der Waals surface area contributed by atoms with Crippen LogP contribution in [0.15, 0.2) is 85.1 Å². The summed E-state index contributed by atoms with van der Waals surface area (Å²) < 4.78 is 0. The molecule has 4 rings (SSSR count). The van der Waals surface area contributed by atoms with Crippen LogP contribution in [0.2, 0.25) is 0 Å².